The molecule has 0 spiro atoms. The number of hydrogen-bond donors (Lipinski definition) is 2. The van der Waals surface area contributed by atoms with Crippen molar-refractivity contribution in [2.75, 3.05) is 45.9 Å². The van der Waals surface area contributed by atoms with Crippen molar-refractivity contribution in [1.82, 2.24) is 9.80 Å². The Labute approximate surface area is 109 Å². The first kappa shape index (κ1) is 13.5. The molecule has 1 unspecified atom stereocenters. The second-order valence-corrected chi connectivity index (χ2v) is 4.76. The molecule has 1 fully saturated rings. The molecular formula is C14H23N3O. The summed E-state index contributed by atoms with van der Waals surface area (Å²) in [7, 11) is 0. The van der Waals surface area contributed by atoms with Gasteiger partial charge < -0.3 is 10.8 Å². The van der Waals surface area contributed by atoms with Gasteiger partial charge in [-0.3, -0.25) is 9.80 Å². The molecule has 0 radical (unpaired) electrons. The van der Waals surface area contributed by atoms with Gasteiger partial charge in [-0.25, -0.2) is 0 Å². The summed E-state index contributed by atoms with van der Waals surface area (Å²) in [6.07, 6.45) is 0. The zero-order chi connectivity index (χ0) is 12.8. The van der Waals surface area contributed by atoms with Crippen LogP contribution in [0.15, 0.2) is 30.3 Å². The first-order valence-corrected chi connectivity index (χ1v) is 6.67. The molecule has 1 heterocycles. The van der Waals surface area contributed by atoms with Gasteiger partial charge in [-0.15, -0.1) is 0 Å². The van der Waals surface area contributed by atoms with Crippen LogP contribution in [0.1, 0.15) is 11.6 Å². The predicted molar refractivity (Wildman–Crippen MR) is 73.3 cm³/mol. The number of rotatable bonds is 5. The molecule has 1 aromatic rings. The average Bonchev–Trinajstić information content (AvgIpc) is 2.43. The minimum Gasteiger partial charge on any atom is -0.395 e. The van der Waals surface area contributed by atoms with Gasteiger partial charge in [0, 0.05) is 45.3 Å². The van der Waals surface area contributed by atoms with E-state index in [-0.39, 0.29) is 6.61 Å². The second-order valence-electron chi connectivity index (χ2n) is 4.76. The van der Waals surface area contributed by atoms with Gasteiger partial charge in [0.2, 0.25) is 0 Å². The van der Waals surface area contributed by atoms with Gasteiger partial charge in [0.25, 0.3) is 0 Å². The fourth-order valence-electron chi connectivity index (χ4n) is 2.61. The van der Waals surface area contributed by atoms with Crippen LogP contribution in [0, 0.1) is 0 Å². The topological polar surface area (TPSA) is 52.7 Å². The Morgan fingerprint density at radius 2 is 1.78 bits per heavy atom. The smallest absolute Gasteiger partial charge is 0.0558 e. The number of aliphatic hydroxyl groups excluding tert-OH is 1. The lowest BCUT2D eigenvalue weighted by molar-refractivity contribution is 0.0857. The van der Waals surface area contributed by atoms with Gasteiger partial charge in [0.05, 0.1) is 6.61 Å². The number of β-amino-alcohol motifs (C(OH)–C–C–N with tert-alkyl or cyclic N) is 1. The van der Waals surface area contributed by atoms with E-state index in [0.717, 1.165) is 32.7 Å². The first-order chi connectivity index (χ1) is 8.85. The third-order valence-corrected chi connectivity index (χ3v) is 3.67. The Balaban J connectivity index is 1.95. The Kier molecular flexibility index (Phi) is 5.13. The monoisotopic (exact) mass is 249 g/mol. The summed E-state index contributed by atoms with van der Waals surface area (Å²) in [4.78, 5) is 4.75. The van der Waals surface area contributed by atoms with Crippen LogP contribution in [0.5, 0.6) is 0 Å². The molecule has 1 aliphatic heterocycles. The number of nitrogens with two attached hydrogens (primary N) is 1. The van der Waals surface area contributed by atoms with Crippen molar-refractivity contribution in [1.29, 1.82) is 0 Å². The van der Waals surface area contributed by atoms with Crippen LogP contribution >= 0.6 is 0 Å². The molecular weight excluding hydrogens is 226 g/mol. The molecule has 100 valence electrons. The lowest BCUT2D eigenvalue weighted by atomic mass is 10.0. The normalized spacial score (nSPS) is 19.9. The minimum atomic E-state index is 0.249. The molecule has 0 saturated carbocycles. The molecule has 18 heavy (non-hydrogen) atoms. The summed E-state index contributed by atoms with van der Waals surface area (Å²) < 4.78 is 0. The molecule has 1 atom stereocenters. The van der Waals surface area contributed by atoms with E-state index in [2.05, 4.69) is 34.1 Å². The summed E-state index contributed by atoms with van der Waals surface area (Å²) in [6.45, 7) is 5.77. The van der Waals surface area contributed by atoms with E-state index in [0.29, 0.717) is 12.6 Å². The van der Waals surface area contributed by atoms with Gasteiger partial charge in [0.1, 0.15) is 0 Å². The first-order valence-electron chi connectivity index (χ1n) is 6.67. The summed E-state index contributed by atoms with van der Waals surface area (Å²) in [5.41, 5.74) is 7.24. The van der Waals surface area contributed by atoms with Crippen LogP contribution in [0.4, 0.5) is 0 Å². The molecule has 0 aliphatic carbocycles. The summed E-state index contributed by atoms with van der Waals surface area (Å²) >= 11 is 0. The molecule has 4 nitrogen and oxygen atoms in total. The highest BCUT2D eigenvalue weighted by Gasteiger charge is 2.23. The van der Waals surface area contributed by atoms with Gasteiger partial charge in [-0.05, 0) is 5.56 Å². The predicted octanol–water partition coefficient (Wildman–Crippen LogP) is 0.296. The molecule has 4 heteroatoms. The fourth-order valence-corrected chi connectivity index (χ4v) is 2.61. The standard InChI is InChI=1S/C14H23N3O/c15-12-14(13-4-2-1-3-5-13)17-8-6-16(7-9-17)10-11-18/h1-5,14,18H,6-12,15H2. The molecule has 2 rings (SSSR count). The van der Waals surface area contributed by atoms with Gasteiger partial charge in [-0.1, -0.05) is 30.3 Å². The quantitative estimate of drug-likeness (QED) is 0.788. The summed E-state index contributed by atoms with van der Waals surface area (Å²) in [5.74, 6) is 0. The number of piperazine rings is 1. The Bertz CT molecular complexity index is 336. The molecule has 0 bridgehead atoms. The Morgan fingerprint density at radius 3 is 2.33 bits per heavy atom. The maximum atomic E-state index is 8.94. The van der Waals surface area contributed by atoms with Crippen LogP contribution in [0.2, 0.25) is 0 Å². The highest BCUT2D eigenvalue weighted by molar-refractivity contribution is 5.19. The maximum Gasteiger partial charge on any atom is 0.0558 e. The molecule has 1 aromatic carbocycles. The van der Waals surface area contributed by atoms with Gasteiger partial charge >= 0.3 is 0 Å². The van der Waals surface area contributed by atoms with E-state index >= 15 is 0 Å². The number of nitrogens with zero attached hydrogens (tertiary/aromatic N) is 2. The zero-order valence-corrected chi connectivity index (χ0v) is 10.8. The van der Waals surface area contributed by atoms with E-state index in [9.17, 15) is 0 Å². The molecule has 3 N–H and O–H groups in total. The number of hydrogen-bond acceptors (Lipinski definition) is 4. The average molecular weight is 249 g/mol. The van der Waals surface area contributed by atoms with Gasteiger partial charge in [-0.2, -0.15) is 0 Å². The third kappa shape index (κ3) is 3.29. The highest BCUT2D eigenvalue weighted by atomic mass is 16.3. The van der Waals surface area contributed by atoms with Crippen LogP contribution in [0.25, 0.3) is 0 Å². The lowest BCUT2D eigenvalue weighted by Crippen LogP contribution is -2.49. The van der Waals surface area contributed by atoms with Gasteiger partial charge in [0.15, 0.2) is 0 Å². The minimum absolute atomic E-state index is 0.249. The van der Waals surface area contributed by atoms with E-state index in [1.807, 2.05) is 6.07 Å². The van der Waals surface area contributed by atoms with Crippen molar-refractivity contribution >= 4 is 0 Å². The molecule has 0 amide bonds. The second kappa shape index (κ2) is 6.85. The fraction of sp³-hybridized carbons (Fsp3) is 0.571. The van der Waals surface area contributed by atoms with Crippen LogP contribution in [-0.2, 0) is 0 Å². The van der Waals surface area contributed by atoms with Crippen LogP contribution < -0.4 is 5.73 Å². The molecule has 0 aromatic heterocycles. The van der Waals surface area contributed by atoms with Crippen molar-refractivity contribution in [3.05, 3.63) is 35.9 Å². The van der Waals surface area contributed by atoms with Crippen LogP contribution in [-0.4, -0.2) is 60.8 Å². The molecule has 1 saturated heterocycles. The van der Waals surface area contributed by atoms with Crippen molar-refractivity contribution in [2.24, 2.45) is 5.73 Å². The zero-order valence-electron chi connectivity index (χ0n) is 10.8. The largest absolute Gasteiger partial charge is 0.395 e. The van der Waals surface area contributed by atoms with Crippen molar-refractivity contribution in [2.45, 2.75) is 6.04 Å². The van der Waals surface area contributed by atoms with E-state index < -0.39 is 0 Å². The van der Waals surface area contributed by atoms with E-state index in [1.165, 1.54) is 5.56 Å². The third-order valence-electron chi connectivity index (χ3n) is 3.67. The van der Waals surface area contributed by atoms with Crippen LogP contribution in [0.3, 0.4) is 0 Å². The maximum absolute atomic E-state index is 8.94. The van der Waals surface area contributed by atoms with Crippen molar-refractivity contribution in [3.63, 3.8) is 0 Å². The highest BCUT2D eigenvalue weighted by Crippen LogP contribution is 2.20. The Hall–Kier alpha value is -0.940. The molecule has 1 aliphatic rings. The number of aliphatic hydroxyl groups is 1. The Morgan fingerprint density at radius 1 is 1.11 bits per heavy atom. The van der Waals surface area contributed by atoms with E-state index in [4.69, 9.17) is 10.8 Å². The van der Waals surface area contributed by atoms with Crippen molar-refractivity contribution in [3.8, 4) is 0 Å². The summed E-state index contributed by atoms with van der Waals surface area (Å²) in [5, 5.41) is 8.94. The summed E-state index contributed by atoms with van der Waals surface area (Å²) in [6, 6.07) is 10.8. The van der Waals surface area contributed by atoms with Crippen molar-refractivity contribution < 1.29 is 5.11 Å². The lowest BCUT2D eigenvalue weighted by Gasteiger charge is -2.39. The number of benzene rings is 1. The van der Waals surface area contributed by atoms with E-state index in [1.54, 1.807) is 0 Å². The SMILES string of the molecule is NCC(c1ccccc1)N1CCN(CCO)CC1.